The molecule has 0 aliphatic heterocycles. The molecule has 1 N–H and O–H groups in total. The quantitative estimate of drug-likeness (QED) is 0.665. The fourth-order valence-corrected chi connectivity index (χ4v) is 2.86. The van der Waals surface area contributed by atoms with Crippen LogP contribution in [0.15, 0.2) is 66.9 Å². The molecule has 5 nitrogen and oxygen atoms in total. The van der Waals surface area contributed by atoms with Gasteiger partial charge < -0.3 is 10.1 Å². The summed E-state index contributed by atoms with van der Waals surface area (Å²) in [5.41, 5.74) is 3.59. The lowest BCUT2D eigenvalue weighted by molar-refractivity contribution is -0.121. The second-order valence-corrected chi connectivity index (χ2v) is 7.85. The van der Waals surface area contributed by atoms with Gasteiger partial charge in [0.25, 0.3) is 5.91 Å². The van der Waals surface area contributed by atoms with Crippen molar-refractivity contribution in [3.8, 4) is 0 Å². The number of aromatic nitrogens is 2. The molecule has 0 spiro atoms. The van der Waals surface area contributed by atoms with E-state index in [1.807, 2.05) is 30.3 Å². The molecule has 0 saturated heterocycles. The second-order valence-electron chi connectivity index (χ2n) is 7.85. The monoisotopic (exact) mass is 377 g/mol. The van der Waals surface area contributed by atoms with Crippen molar-refractivity contribution in [1.29, 1.82) is 0 Å². The van der Waals surface area contributed by atoms with Crippen LogP contribution in [0.5, 0.6) is 0 Å². The van der Waals surface area contributed by atoms with Gasteiger partial charge in [0.2, 0.25) is 0 Å². The first-order valence-corrected chi connectivity index (χ1v) is 9.44. The molecule has 0 radical (unpaired) electrons. The highest BCUT2D eigenvalue weighted by molar-refractivity contribution is 5.90. The number of hydrogen-bond donors (Lipinski definition) is 1. The Morgan fingerprint density at radius 1 is 1.00 bits per heavy atom. The van der Waals surface area contributed by atoms with Crippen LogP contribution in [0.4, 0.5) is 5.82 Å². The molecule has 2 aromatic carbocycles. The predicted octanol–water partition coefficient (Wildman–Crippen LogP) is 4.38. The first-order valence-electron chi connectivity index (χ1n) is 9.44. The van der Waals surface area contributed by atoms with Crippen LogP contribution in [0.3, 0.4) is 0 Å². The van der Waals surface area contributed by atoms with Gasteiger partial charge in [-0.1, -0.05) is 75.4 Å². The molecule has 0 aliphatic rings. The number of anilines is 1. The number of carbonyl (C=O) groups is 1. The first kappa shape index (κ1) is 19.8. The second kappa shape index (κ2) is 8.85. The fourth-order valence-electron chi connectivity index (χ4n) is 2.86. The molecule has 0 saturated carbocycles. The minimum atomic E-state index is -0.194. The lowest BCUT2D eigenvalue weighted by Crippen LogP contribution is -2.20. The summed E-state index contributed by atoms with van der Waals surface area (Å²) in [5, 5.41) is 7.19. The van der Waals surface area contributed by atoms with Gasteiger partial charge in [0, 0.05) is 6.07 Å². The van der Waals surface area contributed by atoms with Crippen molar-refractivity contribution >= 4 is 11.7 Å². The number of ether oxygens (including phenoxy) is 1. The highest BCUT2D eigenvalue weighted by Gasteiger charge is 2.13. The summed E-state index contributed by atoms with van der Waals surface area (Å²) in [7, 11) is 0. The van der Waals surface area contributed by atoms with Gasteiger partial charge in [0.05, 0.1) is 19.3 Å². The lowest BCUT2D eigenvalue weighted by Gasteiger charge is -2.19. The van der Waals surface area contributed by atoms with Crippen LogP contribution in [0, 0.1) is 0 Å². The Labute approximate surface area is 166 Å². The van der Waals surface area contributed by atoms with Crippen molar-refractivity contribution in [3.05, 3.63) is 83.6 Å². The third kappa shape index (κ3) is 5.54. The van der Waals surface area contributed by atoms with Crippen LogP contribution in [0.2, 0.25) is 0 Å². The number of carbonyl (C=O) groups excluding carboxylic acids is 1. The van der Waals surface area contributed by atoms with Gasteiger partial charge in [0.15, 0.2) is 0 Å². The molecule has 28 heavy (non-hydrogen) atoms. The molecule has 146 valence electrons. The van der Waals surface area contributed by atoms with E-state index in [2.05, 4.69) is 55.5 Å². The smallest absolute Gasteiger partial charge is 0.251 e. The summed E-state index contributed by atoms with van der Waals surface area (Å²) < 4.78 is 7.27. The van der Waals surface area contributed by atoms with E-state index in [9.17, 15) is 4.79 Å². The number of hydrogen-bond acceptors (Lipinski definition) is 3. The van der Waals surface area contributed by atoms with Gasteiger partial charge in [-0.3, -0.25) is 4.79 Å². The largest absolute Gasteiger partial charge is 0.367 e. The molecule has 3 rings (SSSR count). The average Bonchev–Trinajstić information content (AvgIpc) is 3.09. The molecule has 1 aromatic heterocycles. The molecule has 0 fully saturated rings. The highest BCUT2D eigenvalue weighted by atomic mass is 16.5. The Bertz CT molecular complexity index is 894. The van der Waals surface area contributed by atoms with Crippen LogP contribution in [-0.4, -0.2) is 22.3 Å². The van der Waals surface area contributed by atoms with Gasteiger partial charge in [0.1, 0.15) is 12.4 Å². The van der Waals surface area contributed by atoms with Gasteiger partial charge in [-0.05, 0) is 22.1 Å². The van der Waals surface area contributed by atoms with Crippen molar-refractivity contribution in [3.63, 3.8) is 0 Å². The molecule has 0 atom stereocenters. The van der Waals surface area contributed by atoms with E-state index in [0.717, 1.165) is 11.1 Å². The SMILES string of the molecule is CC(C)(C)c1ccc(Cn2nccc2NC(=O)COCc2ccccc2)cc1. The van der Waals surface area contributed by atoms with E-state index in [0.29, 0.717) is 19.0 Å². The molecule has 1 amide bonds. The van der Waals surface area contributed by atoms with Crippen LogP contribution in [0.1, 0.15) is 37.5 Å². The molecular weight excluding hydrogens is 350 g/mol. The number of rotatable bonds is 7. The minimum absolute atomic E-state index is 0.000351. The zero-order chi connectivity index (χ0) is 20.0. The lowest BCUT2D eigenvalue weighted by atomic mass is 9.87. The molecular formula is C23H27N3O2. The Morgan fingerprint density at radius 2 is 1.71 bits per heavy atom. The van der Waals surface area contributed by atoms with Crippen molar-refractivity contribution < 1.29 is 9.53 Å². The summed E-state index contributed by atoms with van der Waals surface area (Å²) in [6.07, 6.45) is 1.68. The Hall–Kier alpha value is -2.92. The maximum Gasteiger partial charge on any atom is 0.251 e. The van der Waals surface area contributed by atoms with Gasteiger partial charge >= 0.3 is 0 Å². The normalized spacial score (nSPS) is 11.4. The first-order chi connectivity index (χ1) is 13.4. The third-order valence-electron chi connectivity index (χ3n) is 4.48. The highest BCUT2D eigenvalue weighted by Crippen LogP contribution is 2.22. The summed E-state index contributed by atoms with van der Waals surface area (Å²) in [5.74, 6) is 0.467. The Kier molecular flexibility index (Phi) is 6.26. The van der Waals surface area contributed by atoms with Crippen molar-refractivity contribution in [2.24, 2.45) is 0 Å². The molecule has 5 heteroatoms. The van der Waals surface area contributed by atoms with Gasteiger partial charge in [-0.15, -0.1) is 0 Å². The summed E-state index contributed by atoms with van der Waals surface area (Å²) in [6, 6.07) is 20.1. The summed E-state index contributed by atoms with van der Waals surface area (Å²) in [4.78, 5) is 12.2. The third-order valence-corrected chi connectivity index (χ3v) is 4.48. The molecule has 1 heterocycles. The molecule has 0 bridgehead atoms. The van der Waals surface area contributed by atoms with Gasteiger partial charge in [-0.2, -0.15) is 5.10 Å². The van der Waals surface area contributed by atoms with Crippen molar-refractivity contribution in [2.75, 3.05) is 11.9 Å². The maximum atomic E-state index is 12.2. The van der Waals surface area contributed by atoms with E-state index in [1.54, 1.807) is 16.9 Å². The Morgan fingerprint density at radius 3 is 2.39 bits per heavy atom. The van der Waals surface area contributed by atoms with Gasteiger partial charge in [-0.25, -0.2) is 4.68 Å². The van der Waals surface area contributed by atoms with E-state index >= 15 is 0 Å². The van der Waals surface area contributed by atoms with E-state index in [4.69, 9.17) is 4.74 Å². The topological polar surface area (TPSA) is 56.2 Å². The van der Waals surface area contributed by atoms with Crippen LogP contribution >= 0.6 is 0 Å². The maximum absolute atomic E-state index is 12.2. The fraction of sp³-hybridized carbons (Fsp3) is 0.304. The van der Waals surface area contributed by atoms with Crippen LogP contribution < -0.4 is 5.32 Å². The number of benzene rings is 2. The van der Waals surface area contributed by atoms with E-state index in [1.165, 1.54) is 5.56 Å². The zero-order valence-corrected chi connectivity index (χ0v) is 16.7. The van der Waals surface area contributed by atoms with Crippen molar-refractivity contribution in [1.82, 2.24) is 9.78 Å². The van der Waals surface area contributed by atoms with E-state index in [-0.39, 0.29) is 17.9 Å². The average molecular weight is 377 g/mol. The Balaban J connectivity index is 1.54. The molecule has 0 unspecified atom stereocenters. The standard InChI is InChI=1S/C23H27N3O2/c1-23(2,3)20-11-9-18(10-12-20)15-26-21(13-14-24-26)25-22(27)17-28-16-19-7-5-4-6-8-19/h4-14H,15-17H2,1-3H3,(H,25,27). The van der Waals surface area contributed by atoms with Crippen LogP contribution in [-0.2, 0) is 28.1 Å². The van der Waals surface area contributed by atoms with E-state index < -0.39 is 0 Å². The minimum Gasteiger partial charge on any atom is -0.367 e. The zero-order valence-electron chi connectivity index (χ0n) is 16.7. The molecule has 3 aromatic rings. The number of nitrogens with zero attached hydrogens (tertiary/aromatic N) is 2. The molecule has 0 aliphatic carbocycles. The summed E-state index contributed by atoms with van der Waals surface area (Å²) in [6.45, 7) is 7.60. The predicted molar refractivity (Wildman–Crippen MR) is 111 cm³/mol. The van der Waals surface area contributed by atoms with Crippen molar-refractivity contribution in [2.45, 2.75) is 39.3 Å². The number of nitrogens with one attached hydrogen (secondary N) is 1. The summed E-state index contributed by atoms with van der Waals surface area (Å²) >= 11 is 0. The number of amides is 1. The van der Waals surface area contributed by atoms with Crippen LogP contribution in [0.25, 0.3) is 0 Å².